The zero-order valence-corrected chi connectivity index (χ0v) is 11.3. The first-order valence-corrected chi connectivity index (χ1v) is 6.47. The van der Waals surface area contributed by atoms with Gasteiger partial charge in [-0.05, 0) is 6.07 Å². The third kappa shape index (κ3) is 3.68. The van der Waals surface area contributed by atoms with Crippen molar-refractivity contribution in [3.8, 4) is 5.75 Å². The smallest absolute Gasteiger partial charge is 0.306 e. The van der Waals surface area contributed by atoms with Gasteiger partial charge < -0.3 is 14.6 Å². The van der Waals surface area contributed by atoms with Crippen molar-refractivity contribution in [1.82, 2.24) is 4.90 Å². The Bertz CT molecular complexity index is 480. The van der Waals surface area contributed by atoms with Gasteiger partial charge in [0.15, 0.2) is 11.6 Å². The van der Waals surface area contributed by atoms with Crippen LogP contribution in [0.25, 0.3) is 0 Å². The number of methoxy groups -OCH3 is 1. The first-order valence-electron chi connectivity index (χ1n) is 6.47. The first-order chi connectivity index (χ1) is 9.60. The molecule has 1 unspecified atom stereocenters. The molecule has 1 heterocycles. The molecule has 1 aromatic carbocycles. The van der Waals surface area contributed by atoms with Crippen LogP contribution in [0.4, 0.5) is 4.39 Å². The number of hydrogen-bond donors (Lipinski definition) is 1. The summed E-state index contributed by atoms with van der Waals surface area (Å²) in [6.45, 7) is 2.03. The number of morpholine rings is 1. The number of carbonyl (C=O) groups is 1. The van der Waals surface area contributed by atoms with Gasteiger partial charge in [0.2, 0.25) is 0 Å². The molecule has 0 aromatic heterocycles. The molecule has 0 bridgehead atoms. The molecule has 1 aliphatic heterocycles. The molecular formula is C14H18FNO4. The first kappa shape index (κ1) is 14.7. The van der Waals surface area contributed by atoms with Gasteiger partial charge in [-0.25, -0.2) is 4.39 Å². The summed E-state index contributed by atoms with van der Waals surface area (Å²) in [6.07, 6.45) is -0.369. The van der Waals surface area contributed by atoms with Crippen LogP contribution in [0, 0.1) is 5.82 Å². The van der Waals surface area contributed by atoms with E-state index in [1.165, 1.54) is 7.11 Å². The number of nitrogens with zero attached hydrogens (tertiary/aromatic N) is 1. The molecule has 6 heteroatoms. The predicted molar refractivity (Wildman–Crippen MR) is 70.2 cm³/mol. The van der Waals surface area contributed by atoms with Gasteiger partial charge in [-0.1, -0.05) is 12.1 Å². The summed E-state index contributed by atoms with van der Waals surface area (Å²) in [6, 6.07) is 5.03. The van der Waals surface area contributed by atoms with Crippen molar-refractivity contribution in [3.05, 3.63) is 29.6 Å². The van der Waals surface area contributed by atoms with E-state index in [1.807, 2.05) is 4.90 Å². The Morgan fingerprint density at radius 2 is 2.40 bits per heavy atom. The van der Waals surface area contributed by atoms with E-state index in [0.29, 0.717) is 31.8 Å². The summed E-state index contributed by atoms with van der Waals surface area (Å²) < 4.78 is 24.4. The van der Waals surface area contributed by atoms with E-state index in [0.717, 1.165) is 0 Å². The summed E-state index contributed by atoms with van der Waals surface area (Å²) in [5.74, 6) is -1.03. The molecule has 0 saturated carbocycles. The third-order valence-corrected chi connectivity index (χ3v) is 3.28. The second kappa shape index (κ2) is 6.67. The van der Waals surface area contributed by atoms with Gasteiger partial charge in [0, 0.05) is 25.2 Å². The van der Waals surface area contributed by atoms with Crippen LogP contribution in [0.1, 0.15) is 12.0 Å². The fourth-order valence-corrected chi connectivity index (χ4v) is 2.32. The van der Waals surface area contributed by atoms with Gasteiger partial charge >= 0.3 is 5.97 Å². The zero-order valence-electron chi connectivity index (χ0n) is 11.3. The maximum Gasteiger partial charge on any atom is 0.306 e. The van der Waals surface area contributed by atoms with E-state index in [9.17, 15) is 9.18 Å². The zero-order chi connectivity index (χ0) is 14.5. The molecule has 0 aliphatic carbocycles. The van der Waals surface area contributed by atoms with Crippen molar-refractivity contribution >= 4 is 5.97 Å². The number of aliphatic carboxylic acids is 1. The highest BCUT2D eigenvalue weighted by Crippen LogP contribution is 2.22. The molecule has 1 N–H and O–H groups in total. The van der Waals surface area contributed by atoms with Gasteiger partial charge in [0.1, 0.15) is 0 Å². The summed E-state index contributed by atoms with van der Waals surface area (Å²) in [7, 11) is 1.43. The van der Waals surface area contributed by atoms with Crippen LogP contribution in [0.2, 0.25) is 0 Å². The number of hydrogen-bond acceptors (Lipinski definition) is 4. The Balaban J connectivity index is 2.01. The van der Waals surface area contributed by atoms with Crippen LogP contribution in [0.15, 0.2) is 18.2 Å². The van der Waals surface area contributed by atoms with Crippen LogP contribution in [0.3, 0.4) is 0 Å². The summed E-state index contributed by atoms with van der Waals surface area (Å²) in [5.41, 5.74) is 0.542. The van der Waals surface area contributed by atoms with Crippen LogP contribution in [0.5, 0.6) is 5.75 Å². The maximum atomic E-state index is 14.1. The molecule has 1 aliphatic rings. The predicted octanol–water partition coefficient (Wildman–Crippen LogP) is 1.51. The summed E-state index contributed by atoms with van der Waals surface area (Å²) in [5, 5.41) is 8.78. The van der Waals surface area contributed by atoms with Gasteiger partial charge in [-0.15, -0.1) is 0 Å². The SMILES string of the molecule is COc1cccc(CN2CCOC(CC(=O)O)C2)c1F. The average molecular weight is 283 g/mol. The van der Waals surface area contributed by atoms with Gasteiger partial charge in [0.05, 0.1) is 26.2 Å². The van der Waals surface area contributed by atoms with E-state index in [1.54, 1.807) is 18.2 Å². The standard InChI is InChI=1S/C14H18FNO4/c1-19-12-4-2-3-10(14(12)15)8-16-5-6-20-11(9-16)7-13(17)18/h2-4,11H,5-9H2,1H3,(H,17,18). The summed E-state index contributed by atoms with van der Waals surface area (Å²) >= 11 is 0. The Morgan fingerprint density at radius 1 is 1.60 bits per heavy atom. The van der Waals surface area contributed by atoms with Crippen LogP contribution in [-0.2, 0) is 16.1 Å². The van der Waals surface area contributed by atoms with Crippen molar-refractivity contribution < 1.29 is 23.8 Å². The van der Waals surface area contributed by atoms with E-state index in [2.05, 4.69) is 0 Å². The van der Waals surface area contributed by atoms with Crippen LogP contribution < -0.4 is 4.74 Å². The fraction of sp³-hybridized carbons (Fsp3) is 0.500. The second-order valence-corrected chi connectivity index (χ2v) is 4.76. The minimum atomic E-state index is -0.885. The second-order valence-electron chi connectivity index (χ2n) is 4.76. The Kier molecular flexibility index (Phi) is 4.92. The van der Waals surface area contributed by atoms with E-state index in [-0.39, 0.29) is 24.1 Å². The number of benzene rings is 1. The van der Waals surface area contributed by atoms with Crippen LogP contribution in [-0.4, -0.2) is 48.9 Å². The highest BCUT2D eigenvalue weighted by atomic mass is 19.1. The highest BCUT2D eigenvalue weighted by Gasteiger charge is 2.23. The largest absolute Gasteiger partial charge is 0.494 e. The highest BCUT2D eigenvalue weighted by molar-refractivity contribution is 5.67. The molecule has 0 radical (unpaired) electrons. The number of halogens is 1. The van der Waals surface area contributed by atoms with Crippen LogP contribution >= 0.6 is 0 Å². The Morgan fingerprint density at radius 3 is 3.10 bits per heavy atom. The molecule has 1 saturated heterocycles. The van der Waals surface area contributed by atoms with E-state index < -0.39 is 5.97 Å². The number of ether oxygens (including phenoxy) is 2. The lowest BCUT2D eigenvalue weighted by molar-refractivity contribution is -0.142. The number of carboxylic acids is 1. The molecule has 5 nitrogen and oxygen atoms in total. The van der Waals surface area contributed by atoms with Crippen molar-refractivity contribution in [1.29, 1.82) is 0 Å². The maximum absolute atomic E-state index is 14.1. The van der Waals surface area contributed by atoms with E-state index in [4.69, 9.17) is 14.6 Å². The molecule has 1 atom stereocenters. The van der Waals surface area contributed by atoms with Crippen molar-refractivity contribution in [2.45, 2.75) is 19.1 Å². The lowest BCUT2D eigenvalue weighted by Crippen LogP contribution is -2.42. The van der Waals surface area contributed by atoms with E-state index >= 15 is 0 Å². The molecule has 1 aromatic rings. The quantitative estimate of drug-likeness (QED) is 0.887. The molecule has 0 amide bonds. The fourth-order valence-electron chi connectivity index (χ4n) is 2.32. The summed E-state index contributed by atoms with van der Waals surface area (Å²) in [4.78, 5) is 12.7. The third-order valence-electron chi connectivity index (χ3n) is 3.28. The minimum absolute atomic E-state index is 0.0307. The molecule has 2 rings (SSSR count). The lowest BCUT2D eigenvalue weighted by atomic mass is 10.1. The number of carboxylic acid groups (broad SMARTS) is 1. The number of rotatable bonds is 5. The topological polar surface area (TPSA) is 59.0 Å². The van der Waals surface area contributed by atoms with Crippen molar-refractivity contribution in [3.63, 3.8) is 0 Å². The monoisotopic (exact) mass is 283 g/mol. The lowest BCUT2D eigenvalue weighted by Gasteiger charge is -2.32. The minimum Gasteiger partial charge on any atom is -0.494 e. The molecule has 20 heavy (non-hydrogen) atoms. The molecular weight excluding hydrogens is 265 g/mol. The van der Waals surface area contributed by atoms with Gasteiger partial charge in [0.25, 0.3) is 0 Å². The normalized spacial score (nSPS) is 19.8. The Hall–Kier alpha value is -1.66. The average Bonchev–Trinajstić information content (AvgIpc) is 2.41. The molecule has 1 fully saturated rings. The molecule has 0 spiro atoms. The van der Waals surface area contributed by atoms with Gasteiger partial charge in [-0.2, -0.15) is 0 Å². The Labute approximate surface area is 116 Å². The molecule has 110 valence electrons. The van der Waals surface area contributed by atoms with Crippen molar-refractivity contribution in [2.75, 3.05) is 26.8 Å². The van der Waals surface area contributed by atoms with Gasteiger partial charge in [-0.3, -0.25) is 9.69 Å². The van der Waals surface area contributed by atoms with Crippen molar-refractivity contribution in [2.24, 2.45) is 0 Å².